The lowest BCUT2D eigenvalue weighted by Crippen LogP contribution is -2.52. The van der Waals surface area contributed by atoms with Crippen molar-refractivity contribution in [1.29, 1.82) is 0 Å². The van der Waals surface area contributed by atoms with Crippen molar-refractivity contribution >= 4 is 34.2 Å². The molecular formula is C22H21ClF2N4O. The molecule has 1 aromatic carbocycles. The summed E-state index contributed by atoms with van der Waals surface area (Å²) in [5, 5.41) is 6.37. The third-order valence-corrected chi connectivity index (χ3v) is 5.59. The predicted molar refractivity (Wildman–Crippen MR) is 114 cm³/mol. The number of nitrogens with one attached hydrogen (secondary N) is 2. The Balaban J connectivity index is 1.63. The number of carbonyl (C=O) groups is 1. The molecule has 30 heavy (non-hydrogen) atoms. The fraction of sp³-hybridized carbons (Fsp3) is 0.318. The molecule has 0 aliphatic heterocycles. The fourth-order valence-electron chi connectivity index (χ4n) is 3.88. The van der Waals surface area contributed by atoms with E-state index in [1.807, 2.05) is 13.0 Å². The average molecular weight is 431 g/mol. The third kappa shape index (κ3) is 4.07. The SMILES string of the molecule is Cc1cc(F)c(NC(=O)N[C@H]2C[C@@](C)(F)C2)cc1-c1cc2cnc(Cl)cc2nc1C. The summed E-state index contributed by atoms with van der Waals surface area (Å²) in [6, 6.07) is 5.75. The second-order valence-electron chi connectivity index (χ2n) is 8.09. The van der Waals surface area contributed by atoms with E-state index in [2.05, 4.69) is 20.6 Å². The molecular weight excluding hydrogens is 410 g/mol. The zero-order chi connectivity index (χ0) is 21.6. The highest BCUT2D eigenvalue weighted by atomic mass is 35.5. The number of rotatable bonds is 3. The zero-order valence-electron chi connectivity index (χ0n) is 16.8. The molecule has 2 heterocycles. The van der Waals surface area contributed by atoms with Crippen molar-refractivity contribution in [3.05, 3.63) is 52.7 Å². The standard InChI is InChI=1S/C22H21ClF2N4O/c1-11-4-17(24)19(29-21(30)28-14-8-22(3,25)9-14)6-15(11)16-5-13-10-26-20(23)7-18(13)27-12(16)2/h4-7,10,14H,8-9H2,1-3H3,(H2,28,29,30)/t14-,22+. The Hall–Kier alpha value is -2.80. The smallest absolute Gasteiger partial charge is 0.319 e. The van der Waals surface area contributed by atoms with E-state index in [9.17, 15) is 13.6 Å². The largest absolute Gasteiger partial charge is 0.335 e. The molecule has 1 aliphatic carbocycles. The van der Waals surface area contributed by atoms with Gasteiger partial charge in [0.15, 0.2) is 0 Å². The minimum absolute atomic E-state index is 0.0455. The average Bonchev–Trinajstić information content (AvgIpc) is 2.62. The summed E-state index contributed by atoms with van der Waals surface area (Å²) in [6.07, 6.45) is 2.14. The highest BCUT2D eigenvalue weighted by Gasteiger charge is 2.41. The number of amides is 2. The Morgan fingerprint density at radius 3 is 2.63 bits per heavy atom. The lowest BCUT2D eigenvalue weighted by atomic mass is 9.79. The first-order valence-corrected chi connectivity index (χ1v) is 9.99. The summed E-state index contributed by atoms with van der Waals surface area (Å²) >= 11 is 5.95. The van der Waals surface area contributed by atoms with Gasteiger partial charge in [0.2, 0.25) is 0 Å². The molecule has 1 aliphatic rings. The van der Waals surface area contributed by atoms with Crippen LogP contribution >= 0.6 is 11.6 Å². The number of pyridine rings is 2. The molecule has 0 bridgehead atoms. The van der Waals surface area contributed by atoms with E-state index >= 15 is 0 Å². The molecule has 2 N–H and O–H groups in total. The van der Waals surface area contributed by atoms with Gasteiger partial charge in [-0.2, -0.15) is 0 Å². The summed E-state index contributed by atoms with van der Waals surface area (Å²) in [6.45, 7) is 5.15. The van der Waals surface area contributed by atoms with Crippen molar-refractivity contribution in [1.82, 2.24) is 15.3 Å². The number of urea groups is 1. The molecule has 1 saturated carbocycles. The summed E-state index contributed by atoms with van der Waals surface area (Å²) in [7, 11) is 0. The van der Waals surface area contributed by atoms with Crippen LogP contribution < -0.4 is 10.6 Å². The van der Waals surface area contributed by atoms with E-state index in [0.29, 0.717) is 16.2 Å². The van der Waals surface area contributed by atoms with E-state index in [-0.39, 0.29) is 24.6 Å². The Labute approximate surface area is 177 Å². The molecule has 1 fully saturated rings. The van der Waals surface area contributed by atoms with Crippen LogP contribution in [0.25, 0.3) is 22.0 Å². The normalized spacial score (nSPS) is 20.7. The quantitative estimate of drug-likeness (QED) is 0.522. The van der Waals surface area contributed by atoms with Gasteiger partial charge in [-0.25, -0.2) is 18.6 Å². The van der Waals surface area contributed by atoms with Crippen molar-refractivity contribution in [3.8, 4) is 11.1 Å². The third-order valence-electron chi connectivity index (χ3n) is 5.39. The second kappa shape index (κ2) is 7.47. The van der Waals surface area contributed by atoms with E-state index < -0.39 is 17.5 Å². The van der Waals surface area contributed by atoms with E-state index in [0.717, 1.165) is 22.2 Å². The first-order valence-electron chi connectivity index (χ1n) is 9.61. The van der Waals surface area contributed by atoms with Gasteiger partial charge in [0, 0.05) is 47.8 Å². The van der Waals surface area contributed by atoms with Gasteiger partial charge in [0.05, 0.1) is 11.2 Å². The highest BCUT2D eigenvalue weighted by Crippen LogP contribution is 2.36. The molecule has 0 radical (unpaired) electrons. The van der Waals surface area contributed by atoms with Gasteiger partial charge in [-0.15, -0.1) is 0 Å². The maximum absolute atomic E-state index is 14.5. The number of fused-ring (bicyclic) bond motifs is 1. The molecule has 2 aromatic heterocycles. The van der Waals surface area contributed by atoms with Crippen LogP contribution in [0.3, 0.4) is 0 Å². The molecule has 0 saturated heterocycles. The first-order chi connectivity index (χ1) is 14.1. The predicted octanol–water partition coefficient (Wildman–Crippen LogP) is 5.72. The molecule has 8 heteroatoms. The Kier molecular flexibility index (Phi) is 5.10. The van der Waals surface area contributed by atoms with Crippen LogP contribution in [0.15, 0.2) is 30.5 Å². The van der Waals surface area contributed by atoms with Gasteiger partial charge in [-0.3, -0.25) is 4.98 Å². The number of hydrogen-bond donors (Lipinski definition) is 2. The number of nitrogens with zero attached hydrogens (tertiary/aromatic N) is 2. The summed E-state index contributed by atoms with van der Waals surface area (Å²) in [5.41, 5.74) is 2.51. The second-order valence-corrected chi connectivity index (χ2v) is 8.47. The van der Waals surface area contributed by atoms with Crippen molar-refractivity contribution in [2.24, 2.45) is 0 Å². The first kappa shape index (κ1) is 20.5. The monoisotopic (exact) mass is 430 g/mol. The van der Waals surface area contributed by atoms with Gasteiger partial charge in [0.1, 0.15) is 16.6 Å². The lowest BCUT2D eigenvalue weighted by molar-refractivity contribution is 0.0534. The Morgan fingerprint density at radius 1 is 1.20 bits per heavy atom. The van der Waals surface area contributed by atoms with Crippen LogP contribution in [0.4, 0.5) is 19.3 Å². The molecule has 0 spiro atoms. The number of alkyl halides is 1. The number of halogens is 3. The summed E-state index contributed by atoms with van der Waals surface area (Å²) < 4.78 is 28.1. The van der Waals surface area contributed by atoms with Crippen LogP contribution in [0.5, 0.6) is 0 Å². The van der Waals surface area contributed by atoms with Gasteiger partial charge in [-0.05, 0) is 50.1 Å². The van der Waals surface area contributed by atoms with Gasteiger partial charge < -0.3 is 10.6 Å². The van der Waals surface area contributed by atoms with Crippen molar-refractivity contribution in [2.75, 3.05) is 5.32 Å². The fourth-order valence-corrected chi connectivity index (χ4v) is 4.04. The van der Waals surface area contributed by atoms with Gasteiger partial charge in [-0.1, -0.05) is 11.6 Å². The minimum atomic E-state index is -1.25. The van der Waals surface area contributed by atoms with Crippen LogP contribution in [-0.4, -0.2) is 27.7 Å². The maximum atomic E-state index is 14.5. The molecule has 4 rings (SSSR count). The summed E-state index contributed by atoms with van der Waals surface area (Å²) in [5.74, 6) is -0.546. The van der Waals surface area contributed by atoms with E-state index in [4.69, 9.17) is 11.6 Å². The Morgan fingerprint density at radius 2 is 1.93 bits per heavy atom. The van der Waals surface area contributed by atoms with Crippen LogP contribution in [0.1, 0.15) is 31.0 Å². The molecule has 5 nitrogen and oxygen atoms in total. The summed E-state index contributed by atoms with van der Waals surface area (Å²) in [4.78, 5) is 20.9. The number of hydrogen-bond acceptors (Lipinski definition) is 3. The van der Waals surface area contributed by atoms with Crippen LogP contribution in [0, 0.1) is 19.7 Å². The number of aromatic nitrogens is 2. The van der Waals surface area contributed by atoms with Crippen LogP contribution in [0.2, 0.25) is 5.15 Å². The topological polar surface area (TPSA) is 66.9 Å². The van der Waals surface area contributed by atoms with Crippen molar-refractivity contribution in [3.63, 3.8) is 0 Å². The molecule has 3 aromatic rings. The number of anilines is 1. The number of benzene rings is 1. The van der Waals surface area contributed by atoms with Crippen molar-refractivity contribution in [2.45, 2.75) is 45.3 Å². The number of aryl methyl sites for hydroxylation is 2. The highest BCUT2D eigenvalue weighted by molar-refractivity contribution is 6.30. The van der Waals surface area contributed by atoms with E-state index in [1.54, 1.807) is 25.3 Å². The zero-order valence-corrected chi connectivity index (χ0v) is 17.6. The van der Waals surface area contributed by atoms with Crippen LogP contribution in [-0.2, 0) is 0 Å². The molecule has 0 atom stereocenters. The lowest BCUT2D eigenvalue weighted by Gasteiger charge is -2.38. The minimum Gasteiger partial charge on any atom is -0.335 e. The van der Waals surface area contributed by atoms with Gasteiger partial charge >= 0.3 is 6.03 Å². The molecule has 2 amide bonds. The van der Waals surface area contributed by atoms with Gasteiger partial charge in [0.25, 0.3) is 0 Å². The molecule has 156 valence electrons. The maximum Gasteiger partial charge on any atom is 0.319 e. The van der Waals surface area contributed by atoms with Crippen molar-refractivity contribution < 1.29 is 13.6 Å². The van der Waals surface area contributed by atoms with E-state index in [1.165, 1.54) is 13.0 Å². The molecule has 0 unspecified atom stereocenters. The number of carbonyl (C=O) groups excluding carboxylic acids is 1. The Bertz CT molecular complexity index is 1160.